The Hall–Kier alpha value is -8.92. The highest BCUT2D eigenvalue weighted by Crippen LogP contribution is 2.47. The average molecular weight is 855 g/mol. The number of furan rings is 1. The van der Waals surface area contributed by atoms with Crippen molar-refractivity contribution in [2.45, 2.75) is 0 Å². The highest BCUT2D eigenvalue weighted by Gasteiger charge is 2.22. The molecule has 67 heavy (non-hydrogen) atoms. The zero-order valence-electron chi connectivity index (χ0n) is 36.6. The van der Waals surface area contributed by atoms with Gasteiger partial charge in [0.2, 0.25) is 0 Å². The fourth-order valence-corrected chi connectivity index (χ4v) is 10.5. The van der Waals surface area contributed by atoms with Gasteiger partial charge in [0.15, 0.2) is 0 Å². The molecule has 0 fully saturated rings. The predicted molar refractivity (Wildman–Crippen MR) is 282 cm³/mol. The largest absolute Gasteiger partial charge is 0.456 e. The summed E-state index contributed by atoms with van der Waals surface area (Å²) in [6.45, 7) is 0. The summed E-state index contributed by atoms with van der Waals surface area (Å²) in [5.74, 6) is 0. The second kappa shape index (κ2) is 16.0. The minimum absolute atomic E-state index is 0.891. The van der Waals surface area contributed by atoms with E-state index in [2.05, 4.69) is 252 Å². The lowest BCUT2D eigenvalue weighted by atomic mass is 9.90. The van der Waals surface area contributed by atoms with E-state index in [9.17, 15) is 0 Å². The third kappa shape index (κ3) is 6.43. The van der Waals surface area contributed by atoms with Crippen LogP contribution in [-0.2, 0) is 0 Å². The molecule has 0 atom stereocenters. The monoisotopic (exact) mass is 854 g/mol. The van der Waals surface area contributed by atoms with Gasteiger partial charge < -0.3 is 13.9 Å². The van der Waals surface area contributed by atoms with Crippen LogP contribution in [0.2, 0.25) is 0 Å². The first-order valence-electron chi connectivity index (χ1n) is 22.9. The van der Waals surface area contributed by atoms with Gasteiger partial charge in [0, 0.05) is 44.2 Å². The van der Waals surface area contributed by atoms with E-state index in [4.69, 9.17) is 4.42 Å². The van der Waals surface area contributed by atoms with E-state index in [1.54, 1.807) is 0 Å². The SMILES string of the molecule is c1ccc(-c2cccc3cccc(-c4ccccc4N(c4ccc(-c5cccc6oc7ccccc7c56)cc4)c4cccc(-c5cccc6c5c5ccccc5n6-c5ccccc5)c4)c23)cc1. The van der Waals surface area contributed by atoms with Crippen LogP contribution in [0.1, 0.15) is 0 Å². The molecule has 0 saturated carbocycles. The van der Waals surface area contributed by atoms with Gasteiger partial charge >= 0.3 is 0 Å². The fourth-order valence-electron chi connectivity index (χ4n) is 10.5. The summed E-state index contributed by atoms with van der Waals surface area (Å²) in [4.78, 5) is 2.44. The molecule has 0 spiro atoms. The lowest BCUT2D eigenvalue weighted by Crippen LogP contribution is -2.11. The molecule has 11 aromatic carbocycles. The summed E-state index contributed by atoms with van der Waals surface area (Å²) >= 11 is 0. The minimum Gasteiger partial charge on any atom is -0.456 e. The molecule has 2 aromatic heterocycles. The molecule has 13 aromatic rings. The Balaban J connectivity index is 1.02. The molecule has 0 N–H and O–H groups in total. The Morgan fingerprint density at radius 1 is 0.313 bits per heavy atom. The van der Waals surface area contributed by atoms with Crippen LogP contribution in [-0.4, -0.2) is 4.57 Å². The molecule has 0 radical (unpaired) electrons. The third-order valence-electron chi connectivity index (χ3n) is 13.4. The van der Waals surface area contributed by atoms with Crippen molar-refractivity contribution in [1.82, 2.24) is 4.57 Å². The van der Waals surface area contributed by atoms with Gasteiger partial charge in [0.05, 0.1) is 16.7 Å². The number of rotatable bonds is 8. The number of anilines is 3. The Morgan fingerprint density at radius 2 is 0.866 bits per heavy atom. The van der Waals surface area contributed by atoms with E-state index >= 15 is 0 Å². The molecular formula is C64H42N2O. The van der Waals surface area contributed by atoms with Gasteiger partial charge in [-0.15, -0.1) is 0 Å². The van der Waals surface area contributed by atoms with Crippen molar-refractivity contribution in [3.8, 4) is 50.2 Å². The third-order valence-corrected chi connectivity index (χ3v) is 13.4. The molecule has 2 heterocycles. The summed E-state index contributed by atoms with van der Waals surface area (Å²) < 4.78 is 8.72. The number of benzene rings is 11. The smallest absolute Gasteiger partial charge is 0.136 e. The van der Waals surface area contributed by atoms with Crippen LogP contribution in [0.5, 0.6) is 0 Å². The van der Waals surface area contributed by atoms with Crippen LogP contribution < -0.4 is 4.90 Å². The molecule has 0 bridgehead atoms. The zero-order valence-corrected chi connectivity index (χ0v) is 36.6. The second-order valence-electron chi connectivity index (χ2n) is 17.2. The molecule has 3 heteroatoms. The van der Waals surface area contributed by atoms with Crippen molar-refractivity contribution in [2.24, 2.45) is 0 Å². The van der Waals surface area contributed by atoms with Gasteiger partial charge in [-0.05, 0) is 116 Å². The van der Waals surface area contributed by atoms with Crippen LogP contribution in [0.15, 0.2) is 259 Å². The first kappa shape index (κ1) is 38.5. The standard InChI is InChI=1S/C64H42N2O/c1-3-18-43(19-4-1)50-29-14-20-45-21-15-32-54(62(45)50)53-26-7-10-33-57(53)65(48-40-38-44(39-41-48)51-31-17-37-61-64(51)56-28-9-12-36-60(56)67-61)49-25-13-22-46(42-49)52-30-16-35-59-63(52)55-27-8-11-34-58(55)66(59)47-23-5-2-6-24-47/h1-42H. The fraction of sp³-hybridized carbons (Fsp3) is 0. The van der Waals surface area contributed by atoms with Gasteiger partial charge in [0.25, 0.3) is 0 Å². The van der Waals surface area contributed by atoms with Crippen molar-refractivity contribution >= 4 is 71.6 Å². The van der Waals surface area contributed by atoms with Crippen LogP contribution in [0.25, 0.3) is 105 Å². The zero-order chi connectivity index (χ0) is 44.3. The van der Waals surface area contributed by atoms with Gasteiger partial charge in [-0.3, -0.25) is 0 Å². The summed E-state index contributed by atoms with van der Waals surface area (Å²) in [5, 5.41) is 7.15. The lowest BCUT2D eigenvalue weighted by Gasteiger charge is -2.29. The average Bonchev–Trinajstić information content (AvgIpc) is 3.96. The van der Waals surface area contributed by atoms with Gasteiger partial charge in [0.1, 0.15) is 11.2 Å². The van der Waals surface area contributed by atoms with Crippen molar-refractivity contribution in [3.63, 3.8) is 0 Å². The van der Waals surface area contributed by atoms with Gasteiger partial charge in [-0.1, -0.05) is 188 Å². The lowest BCUT2D eigenvalue weighted by molar-refractivity contribution is 0.669. The topological polar surface area (TPSA) is 21.3 Å². The van der Waals surface area contributed by atoms with Crippen molar-refractivity contribution in [2.75, 3.05) is 4.90 Å². The first-order valence-corrected chi connectivity index (χ1v) is 22.9. The molecule has 0 aliphatic rings. The van der Waals surface area contributed by atoms with Crippen LogP contribution in [0.3, 0.4) is 0 Å². The maximum absolute atomic E-state index is 6.33. The molecular weight excluding hydrogens is 813 g/mol. The number of nitrogens with zero attached hydrogens (tertiary/aromatic N) is 2. The highest BCUT2D eigenvalue weighted by atomic mass is 16.3. The molecule has 314 valence electrons. The summed E-state index contributed by atoms with van der Waals surface area (Å²) in [6.07, 6.45) is 0. The van der Waals surface area contributed by atoms with Crippen LogP contribution >= 0.6 is 0 Å². The van der Waals surface area contributed by atoms with Crippen LogP contribution in [0.4, 0.5) is 17.1 Å². The Kier molecular flexibility index (Phi) is 9.17. The second-order valence-corrected chi connectivity index (χ2v) is 17.2. The number of hydrogen-bond acceptors (Lipinski definition) is 2. The van der Waals surface area contributed by atoms with Crippen LogP contribution in [0, 0.1) is 0 Å². The van der Waals surface area contributed by atoms with Crippen molar-refractivity contribution < 1.29 is 4.42 Å². The van der Waals surface area contributed by atoms with E-state index in [1.165, 1.54) is 54.8 Å². The quantitative estimate of drug-likeness (QED) is 0.152. The first-order chi connectivity index (χ1) is 33.3. The Morgan fingerprint density at radius 3 is 1.69 bits per heavy atom. The van der Waals surface area contributed by atoms with E-state index in [-0.39, 0.29) is 0 Å². The molecule has 0 unspecified atom stereocenters. The maximum atomic E-state index is 6.33. The molecule has 0 aliphatic carbocycles. The summed E-state index contributed by atoms with van der Waals surface area (Å²) in [6, 6.07) is 92.0. The van der Waals surface area contributed by atoms with E-state index in [0.29, 0.717) is 0 Å². The number of hydrogen-bond donors (Lipinski definition) is 0. The molecule has 0 aliphatic heterocycles. The normalized spacial score (nSPS) is 11.6. The maximum Gasteiger partial charge on any atom is 0.136 e. The van der Waals surface area contributed by atoms with Gasteiger partial charge in [-0.2, -0.15) is 0 Å². The Bertz CT molecular complexity index is 3970. The summed E-state index contributed by atoms with van der Waals surface area (Å²) in [7, 11) is 0. The van der Waals surface area contributed by atoms with E-state index in [0.717, 1.165) is 66.9 Å². The van der Waals surface area contributed by atoms with E-state index < -0.39 is 0 Å². The minimum atomic E-state index is 0.891. The summed E-state index contributed by atoms with van der Waals surface area (Å²) in [5.41, 5.74) is 17.9. The Labute approximate surface area is 388 Å². The number of fused-ring (bicyclic) bond motifs is 7. The van der Waals surface area contributed by atoms with E-state index in [1.807, 2.05) is 12.1 Å². The number of para-hydroxylation sites is 4. The molecule has 13 rings (SSSR count). The van der Waals surface area contributed by atoms with Crippen molar-refractivity contribution in [3.05, 3.63) is 255 Å². The predicted octanol–water partition coefficient (Wildman–Crippen LogP) is 18.0. The highest BCUT2D eigenvalue weighted by molar-refractivity contribution is 6.16. The van der Waals surface area contributed by atoms with Crippen molar-refractivity contribution in [1.29, 1.82) is 0 Å². The molecule has 0 amide bonds. The molecule has 0 saturated heterocycles. The van der Waals surface area contributed by atoms with Gasteiger partial charge in [-0.25, -0.2) is 0 Å². The molecule has 3 nitrogen and oxygen atoms in total. The number of aromatic nitrogens is 1.